The zero-order valence-electron chi connectivity index (χ0n) is 14.6. The summed E-state index contributed by atoms with van der Waals surface area (Å²) in [4.78, 5) is 25.4. The van der Waals surface area contributed by atoms with Crippen LogP contribution in [0.4, 0.5) is 18.0 Å². The minimum absolute atomic E-state index is 0.0119. The molecule has 1 aliphatic rings. The highest BCUT2D eigenvalue weighted by molar-refractivity contribution is 5.76. The van der Waals surface area contributed by atoms with Gasteiger partial charge in [-0.05, 0) is 12.0 Å². The molecule has 0 saturated carbocycles. The van der Waals surface area contributed by atoms with E-state index in [0.29, 0.717) is 18.7 Å². The first-order valence-electron chi connectivity index (χ1n) is 8.76. The van der Waals surface area contributed by atoms with E-state index >= 15 is 0 Å². The summed E-state index contributed by atoms with van der Waals surface area (Å²) >= 11 is 0. The number of hydrogen-bond donors (Lipinski definition) is 2. The van der Waals surface area contributed by atoms with Gasteiger partial charge in [-0.15, -0.1) is 0 Å². The summed E-state index contributed by atoms with van der Waals surface area (Å²) in [7, 11) is 0. The molecule has 2 N–H and O–H groups in total. The number of hydrogen-bond acceptors (Lipinski definition) is 3. The molecule has 27 heavy (non-hydrogen) atoms. The second-order valence-corrected chi connectivity index (χ2v) is 6.80. The minimum atomic E-state index is -4.42. The Kier molecular flexibility index (Phi) is 4.20. The maximum absolute atomic E-state index is 12.4. The Balaban J connectivity index is 1.63. The fourth-order valence-electron chi connectivity index (χ4n) is 3.83. The van der Waals surface area contributed by atoms with Crippen LogP contribution in [-0.2, 0) is 0 Å². The van der Waals surface area contributed by atoms with Crippen molar-refractivity contribution in [2.75, 3.05) is 19.6 Å². The lowest BCUT2D eigenvalue weighted by molar-refractivity contribution is -0.123. The second-order valence-electron chi connectivity index (χ2n) is 6.80. The quantitative estimate of drug-likeness (QED) is 0.733. The number of nitrogens with one attached hydrogen (secondary N) is 2. The van der Waals surface area contributed by atoms with Crippen LogP contribution in [0.5, 0.6) is 0 Å². The van der Waals surface area contributed by atoms with Gasteiger partial charge in [0.25, 0.3) is 0 Å². The lowest BCUT2D eigenvalue weighted by Gasteiger charge is -2.18. The second kappa shape index (κ2) is 6.43. The largest absolute Gasteiger partial charge is 0.405 e. The van der Waals surface area contributed by atoms with Crippen LogP contribution in [0.2, 0.25) is 0 Å². The van der Waals surface area contributed by atoms with Gasteiger partial charge < -0.3 is 15.2 Å². The summed E-state index contributed by atoms with van der Waals surface area (Å²) < 4.78 is 39.2. The van der Waals surface area contributed by atoms with E-state index in [9.17, 15) is 18.0 Å². The first-order chi connectivity index (χ1) is 12.9. The van der Waals surface area contributed by atoms with Crippen molar-refractivity contribution in [3.05, 3.63) is 30.4 Å². The summed E-state index contributed by atoms with van der Waals surface area (Å²) in [6.07, 6.45) is 1.62. The standard InChI is InChI=1S/C17H19F3N6O/c1-2-10-7-25(16(27)24-9-17(18,19)20)8-11(10)13-5-22-14-6-23-15-12(26(13)14)3-4-21-15/h3-6,10-11,21H,2,7-9H2,1H3,(H,24,27)/t10-,11?/m1/s1. The Bertz CT molecular complexity index is 978. The molecule has 3 aromatic heterocycles. The SMILES string of the molecule is CC[C@@H]1CN(C(=O)NCC(F)(F)F)CC1c1cnc2cnc3[nH]ccc3n12. The number of aromatic nitrogens is 4. The third-order valence-corrected chi connectivity index (χ3v) is 5.14. The number of rotatable bonds is 3. The number of carbonyl (C=O) groups excluding carboxylic acids is 1. The van der Waals surface area contributed by atoms with Crippen molar-refractivity contribution in [2.24, 2.45) is 5.92 Å². The van der Waals surface area contributed by atoms with Gasteiger partial charge in [-0.1, -0.05) is 13.3 Å². The van der Waals surface area contributed by atoms with Crippen LogP contribution < -0.4 is 5.32 Å². The molecule has 144 valence electrons. The van der Waals surface area contributed by atoms with Gasteiger partial charge in [-0.3, -0.25) is 4.40 Å². The Morgan fingerprint density at radius 2 is 2.15 bits per heavy atom. The number of likely N-dealkylation sites (tertiary alicyclic amines) is 1. The van der Waals surface area contributed by atoms with Crippen molar-refractivity contribution < 1.29 is 18.0 Å². The third kappa shape index (κ3) is 3.19. The molecule has 1 fully saturated rings. The van der Waals surface area contributed by atoms with E-state index in [-0.39, 0.29) is 11.8 Å². The normalized spacial score (nSPS) is 20.7. The highest BCUT2D eigenvalue weighted by atomic mass is 19.4. The number of imidazole rings is 1. The maximum atomic E-state index is 12.4. The van der Waals surface area contributed by atoms with E-state index in [2.05, 4.69) is 15.0 Å². The Morgan fingerprint density at radius 3 is 2.89 bits per heavy atom. The van der Waals surface area contributed by atoms with Crippen LogP contribution in [0.15, 0.2) is 24.7 Å². The molecule has 0 spiro atoms. The van der Waals surface area contributed by atoms with Crippen molar-refractivity contribution in [1.82, 2.24) is 29.6 Å². The van der Waals surface area contributed by atoms with E-state index in [4.69, 9.17) is 0 Å². The number of aromatic amines is 1. The van der Waals surface area contributed by atoms with Gasteiger partial charge in [-0.25, -0.2) is 14.8 Å². The Hall–Kier alpha value is -2.78. The van der Waals surface area contributed by atoms with Crippen LogP contribution in [0.25, 0.3) is 16.8 Å². The molecule has 1 unspecified atom stereocenters. The van der Waals surface area contributed by atoms with Gasteiger partial charge in [0.15, 0.2) is 11.3 Å². The van der Waals surface area contributed by atoms with Crippen molar-refractivity contribution in [3.8, 4) is 0 Å². The zero-order valence-corrected chi connectivity index (χ0v) is 14.6. The highest BCUT2D eigenvalue weighted by Crippen LogP contribution is 2.35. The molecule has 0 aromatic carbocycles. The summed E-state index contributed by atoms with van der Waals surface area (Å²) in [5.74, 6) is 0.130. The number of nitrogens with zero attached hydrogens (tertiary/aromatic N) is 4. The van der Waals surface area contributed by atoms with E-state index in [1.54, 1.807) is 18.6 Å². The topological polar surface area (TPSA) is 78.3 Å². The van der Waals surface area contributed by atoms with Crippen LogP contribution >= 0.6 is 0 Å². The van der Waals surface area contributed by atoms with E-state index in [1.165, 1.54) is 4.90 Å². The first kappa shape index (κ1) is 17.6. The number of carbonyl (C=O) groups is 1. The van der Waals surface area contributed by atoms with Crippen molar-refractivity contribution in [2.45, 2.75) is 25.4 Å². The molecular formula is C17H19F3N6O. The molecule has 4 rings (SSSR count). The molecule has 7 nitrogen and oxygen atoms in total. The molecule has 1 saturated heterocycles. The molecule has 0 aliphatic carbocycles. The van der Waals surface area contributed by atoms with Crippen LogP contribution in [0.1, 0.15) is 25.0 Å². The van der Waals surface area contributed by atoms with Crippen molar-refractivity contribution >= 4 is 22.8 Å². The molecule has 2 atom stereocenters. The summed E-state index contributed by atoms with van der Waals surface area (Å²) in [5.41, 5.74) is 3.25. The average Bonchev–Trinajstić information content (AvgIpc) is 3.33. The fraction of sp³-hybridized carbons (Fsp3) is 0.471. The number of alkyl halides is 3. The van der Waals surface area contributed by atoms with E-state index in [0.717, 1.165) is 23.3 Å². The lowest BCUT2D eigenvalue weighted by Crippen LogP contribution is -2.42. The molecular weight excluding hydrogens is 361 g/mol. The smallest absolute Gasteiger partial charge is 0.345 e. The zero-order chi connectivity index (χ0) is 19.2. The molecule has 0 bridgehead atoms. The van der Waals surface area contributed by atoms with Crippen molar-refractivity contribution in [1.29, 1.82) is 0 Å². The van der Waals surface area contributed by atoms with E-state index < -0.39 is 18.8 Å². The van der Waals surface area contributed by atoms with E-state index in [1.807, 2.05) is 22.7 Å². The van der Waals surface area contributed by atoms with Gasteiger partial charge in [0.05, 0.1) is 11.7 Å². The fourth-order valence-corrected chi connectivity index (χ4v) is 3.83. The number of fused-ring (bicyclic) bond motifs is 3. The molecule has 4 heterocycles. The average molecular weight is 380 g/mol. The van der Waals surface area contributed by atoms with Crippen LogP contribution in [-0.4, -0.2) is 56.1 Å². The Labute approximate surface area is 152 Å². The van der Waals surface area contributed by atoms with Crippen LogP contribution in [0, 0.1) is 5.92 Å². The molecule has 0 radical (unpaired) electrons. The first-order valence-corrected chi connectivity index (χ1v) is 8.76. The molecule has 10 heteroatoms. The van der Waals surface area contributed by atoms with Gasteiger partial charge in [-0.2, -0.15) is 13.2 Å². The number of halogens is 3. The number of H-pyrrole nitrogens is 1. The highest BCUT2D eigenvalue weighted by Gasteiger charge is 2.38. The monoisotopic (exact) mass is 380 g/mol. The summed E-state index contributed by atoms with van der Waals surface area (Å²) in [6, 6.07) is 1.22. The van der Waals surface area contributed by atoms with Gasteiger partial charge in [0.2, 0.25) is 0 Å². The summed E-state index contributed by atoms with van der Waals surface area (Å²) in [5, 5.41) is 1.96. The third-order valence-electron chi connectivity index (χ3n) is 5.14. The number of urea groups is 1. The predicted octanol–water partition coefficient (Wildman–Crippen LogP) is 2.91. The molecule has 3 aromatic rings. The Morgan fingerprint density at radius 1 is 1.33 bits per heavy atom. The van der Waals surface area contributed by atoms with Crippen molar-refractivity contribution in [3.63, 3.8) is 0 Å². The van der Waals surface area contributed by atoms with Gasteiger partial charge in [0.1, 0.15) is 6.54 Å². The predicted molar refractivity (Wildman–Crippen MR) is 92.4 cm³/mol. The van der Waals surface area contributed by atoms with Gasteiger partial charge >= 0.3 is 12.2 Å². The lowest BCUT2D eigenvalue weighted by atomic mass is 9.91. The molecule has 2 amide bonds. The summed E-state index contributed by atoms with van der Waals surface area (Å²) in [6.45, 7) is 1.46. The maximum Gasteiger partial charge on any atom is 0.405 e. The number of amides is 2. The minimum Gasteiger partial charge on any atom is -0.345 e. The van der Waals surface area contributed by atoms with Gasteiger partial charge in [0, 0.05) is 37.1 Å². The molecule has 1 aliphatic heterocycles. The van der Waals surface area contributed by atoms with Crippen LogP contribution in [0.3, 0.4) is 0 Å².